The molecule has 0 aromatic heterocycles. The molecule has 3 rings (SSSR count). The zero-order valence-electron chi connectivity index (χ0n) is 16.8. The first-order valence-electron chi connectivity index (χ1n) is 9.94. The molecule has 6 heteroatoms. The van der Waals surface area contributed by atoms with E-state index in [1.807, 2.05) is 48.5 Å². The lowest BCUT2D eigenvalue weighted by Gasteiger charge is -2.37. The summed E-state index contributed by atoms with van der Waals surface area (Å²) in [5.41, 5.74) is 1.14. The molecule has 1 heterocycles. The average molecular weight is 396 g/mol. The summed E-state index contributed by atoms with van der Waals surface area (Å²) in [6.45, 7) is 1.88. The number of ether oxygens (including phenoxy) is 2. The van der Waals surface area contributed by atoms with Crippen LogP contribution < -0.4 is 10.1 Å². The number of benzene rings is 2. The van der Waals surface area contributed by atoms with Crippen molar-refractivity contribution in [2.75, 3.05) is 40.0 Å². The van der Waals surface area contributed by atoms with Crippen LogP contribution in [0.15, 0.2) is 60.7 Å². The number of amides is 2. The molecule has 0 aliphatic carbocycles. The number of methoxy groups -OCH3 is 1. The van der Waals surface area contributed by atoms with Gasteiger partial charge in [0.1, 0.15) is 5.75 Å². The number of nitrogens with one attached hydrogen (secondary N) is 1. The normalized spacial score (nSPS) is 18.9. The van der Waals surface area contributed by atoms with E-state index in [4.69, 9.17) is 9.47 Å². The van der Waals surface area contributed by atoms with Crippen LogP contribution in [0.3, 0.4) is 0 Å². The van der Waals surface area contributed by atoms with Gasteiger partial charge in [-0.3, -0.25) is 9.59 Å². The minimum Gasteiger partial charge on any atom is -0.484 e. The molecule has 1 N–H and O–H groups in total. The van der Waals surface area contributed by atoms with Crippen molar-refractivity contribution in [3.8, 4) is 5.75 Å². The van der Waals surface area contributed by atoms with Gasteiger partial charge in [0.2, 0.25) is 5.91 Å². The van der Waals surface area contributed by atoms with Crippen LogP contribution in [0, 0.1) is 5.92 Å². The molecule has 0 unspecified atom stereocenters. The molecule has 1 aliphatic rings. The minimum atomic E-state index is -0.258. The van der Waals surface area contributed by atoms with Gasteiger partial charge < -0.3 is 19.7 Å². The van der Waals surface area contributed by atoms with Crippen LogP contribution >= 0.6 is 0 Å². The van der Waals surface area contributed by atoms with Crippen LogP contribution in [0.1, 0.15) is 17.9 Å². The Balaban J connectivity index is 1.67. The standard InChI is InChI=1S/C23H28N2O4/c1-28-13-12-24-23(27)20-14-19(18-8-4-2-5-9-18)15-25(16-20)22(26)17-29-21-10-6-3-7-11-21/h2-11,19-20H,12-17H2,1H3,(H,24,27)/t19-,20+/m0/s1. The van der Waals surface area contributed by atoms with Gasteiger partial charge in [0, 0.05) is 32.7 Å². The third kappa shape index (κ3) is 6.06. The van der Waals surface area contributed by atoms with Crippen molar-refractivity contribution in [3.05, 3.63) is 66.2 Å². The molecule has 154 valence electrons. The van der Waals surface area contributed by atoms with E-state index >= 15 is 0 Å². The molecule has 0 spiro atoms. The zero-order chi connectivity index (χ0) is 20.5. The number of likely N-dealkylation sites (tertiary alicyclic amines) is 1. The summed E-state index contributed by atoms with van der Waals surface area (Å²) in [6.07, 6.45) is 0.714. The highest BCUT2D eigenvalue weighted by atomic mass is 16.5. The van der Waals surface area contributed by atoms with Gasteiger partial charge in [-0.05, 0) is 24.1 Å². The third-order valence-corrected chi connectivity index (χ3v) is 5.16. The van der Waals surface area contributed by atoms with Crippen molar-refractivity contribution in [1.82, 2.24) is 10.2 Å². The van der Waals surface area contributed by atoms with Gasteiger partial charge in [-0.1, -0.05) is 48.5 Å². The lowest BCUT2D eigenvalue weighted by atomic mass is 9.84. The van der Waals surface area contributed by atoms with Crippen LogP contribution in [-0.4, -0.2) is 56.7 Å². The number of carbonyl (C=O) groups is 2. The summed E-state index contributed by atoms with van der Waals surface area (Å²) in [5, 5.41) is 2.91. The van der Waals surface area contributed by atoms with E-state index < -0.39 is 0 Å². The van der Waals surface area contributed by atoms with E-state index in [-0.39, 0.29) is 30.3 Å². The molecule has 1 saturated heterocycles. The van der Waals surface area contributed by atoms with Crippen molar-refractivity contribution in [3.63, 3.8) is 0 Å². The van der Waals surface area contributed by atoms with Crippen LogP contribution in [0.5, 0.6) is 5.75 Å². The molecule has 0 saturated carbocycles. The predicted octanol–water partition coefficient (Wildman–Crippen LogP) is 2.46. The average Bonchev–Trinajstić information content (AvgIpc) is 2.78. The number of hydrogen-bond acceptors (Lipinski definition) is 4. The largest absolute Gasteiger partial charge is 0.484 e. The van der Waals surface area contributed by atoms with Gasteiger partial charge >= 0.3 is 0 Å². The van der Waals surface area contributed by atoms with Crippen LogP contribution in [0.2, 0.25) is 0 Å². The summed E-state index contributed by atoms with van der Waals surface area (Å²) < 4.78 is 10.6. The molecule has 0 radical (unpaired) electrons. The van der Waals surface area contributed by atoms with Crippen molar-refractivity contribution in [2.24, 2.45) is 5.92 Å². The molecular formula is C23H28N2O4. The summed E-state index contributed by atoms with van der Waals surface area (Å²) in [7, 11) is 1.60. The number of nitrogens with zero attached hydrogens (tertiary/aromatic N) is 1. The molecular weight excluding hydrogens is 368 g/mol. The van der Waals surface area contributed by atoms with E-state index in [0.717, 1.165) is 5.56 Å². The Morgan fingerprint density at radius 2 is 1.72 bits per heavy atom. The van der Waals surface area contributed by atoms with Crippen molar-refractivity contribution < 1.29 is 19.1 Å². The Morgan fingerprint density at radius 3 is 2.41 bits per heavy atom. The third-order valence-electron chi connectivity index (χ3n) is 5.16. The number of piperidine rings is 1. The lowest BCUT2D eigenvalue weighted by molar-refractivity contribution is -0.138. The molecule has 29 heavy (non-hydrogen) atoms. The van der Waals surface area contributed by atoms with Gasteiger partial charge in [0.05, 0.1) is 12.5 Å². The van der Waals surface area contributed by atoms with Gasteiger partial charge in [-0.15, -0.1) is 0 Å². The molecule has 1 aliphatic heterocycles. The fourth-order valence-electron chi connectivity index (χ4n) is 3.63. The van der Waals surface area contributed by atoms with Crippen LogP contribution in [-0.2, 0) is 14.3 Å². The fourth-order valence-corrected chi connectivity index (χ4v) is 3.63. The van der Waals surface area contributed by atoms with Crippen LogP contribution in [0.25, 0.3) is 0 Å². The van der Waals surface area contributed by atoms with Gasteiger partial charge in [-0.25, -0.2) is 0 Å². The number of hydrogen-bond donors (Lipinski definition) is 1. The molecule has 2 aromatic carbocycles. The maximum Gasteiger partial charge on any atom is 0.260 e. The zero-order valence-corrected chi connectivity index (χ0v) is 16.8. The van der Waals surface area contributed by atoms with Gasteiger partial charge in [-0.2, -0.15) is 0 Å². The fraction of sp³-hybridized carbons (Fsp3) is 0.391. The van der Waals surface area contributed by atoms with E-state index in [9.17, 15) is 9.59 Å². The smallest absolute Gasteiger partial charge is 0.260 e. The van der Waals surface area contributed by atoms with Crippen molar-refractivity contribution >= 4 is 11.8 Å². The number of rotatable bonds is 8. The van der Waals surface area contributed by atoms with Gasteiger partial charge in [0.15, 0.2) is 6.61 Å². The number of para-hydroxylation sites is 1. The molecule has 2 aromatic rings. The molecule has 1 fully saturated rings. The Hall–Kier alpha value is -2.86. The first-order chi connectivity index (χ1) is 14.2. The van der Waals surface area contributed by atoms with Crippen molar-refractivity contribution in [2.45, 2.75) is 12.3 Å². The SMILES string of the molecule is COCCNC(=O)[C@@H]1C[C@H](c2ccccc2)CN(C(=O)COc2ccccc2)C1. The highest BCUT2D eigenvalue weighted by Crippen LogP contribution is 2.30. The quantitative estimate of drug-likeness (QED) is 0.696. The van der Waals surface area contributed by atoms with E-state index in [0.29, 0.717) is 38.4 Å². The first-order valence-corrected chi connectivity index (χ1v) is 9.94. The highest BCUT2D eigenvalue weighted by molar-refractivity contribution is 5.82. The van der Waals surface area contributed by atoms with E-state index in [1.165, 1.54) is 0 Å². The molecule has 2 amide bonds. The molecule has 2 atom stereocenters. The monoisotopic (exact) mass is 396 g/mol. The van der Waals surface area contributed by atoms with E-state index in [1.54, 1.807) is 12.0 Å². The summed E-state index contributed by atoms with van der Waals surface area (Å²) in [5.74, 6) is 0.371. The second-order valence-electron chi connectivity index (χ2n) is 7.22. The molecule has 6 nitrogen and oxygen atoms in total. The van der Waals surface area contributed by atoms with Crippen molar-refractivity contribution in [1.29, 1.82) is 0 Å². The minimum absolute atomic E-state index is 0.0375. The second kappa shape index (κ2) is 10.6. The Labute approximate surface area is 171 Å². The first kappa shape index (κ1) is 20.9. The van der Waals surface area contributed by atoms with E-state index in [2.05, 4.69) is 17.4 Å². The second-order valence-corrected chi connectivity index (χ2v) is 7.22. The summed E-state index contributed by atoms with van der Waals surface area (Å²) in [6, 6.07) is 19.3. The Morgan fingerprint density at radius 1 is 1.03 bits per heavy atom. The summed E-state index contributed by atoms with van der Waals surface area (Å²) >= 11 is 0. The van der Waals surface area contributed by atoms with Gasteiger partial charge in [0.25, 0.3) is 5.91 Å². The summed E-state index contributed by atoms with van der Waals surface area (Å²) in [4.78, 5) is 27.2. The van der Waals surface area contributed by atoms with Crippen LogP contribution in [0.4, 0.5) is 0 Å². The highest BCUT2D eigenvalue weighted by Gasteiger charge is 2.34. The molecule has 0 bridgehead atoms. The number of carbonyl (C=O) groups excluding carboxylic acids is 2. The Bertz CT molecular complexity index is 782. The topological polar surface area (TPSA) is 67.9 Å². The maximum atomic E-state index is 12.8. The lowest BCUT2D eigenvalue weighted by Crippen LogP contribution is -2.49. The Kier molecular flexibility index (Phi) is 7.64. The maximum absolute atomic E-state index is 12.8. The predicted molar refractivity (Wildman–Crippen MR) is 111 cm³/mol.